The van der Waals surface area contributed by atoms with Gasteiger partial charge in [0.05, 0.1) is 12.0 Å². The first-order valence-electron chi connectivity index (χ1n) is 9.27. The fourth-order valence-electron chi connectivity index (χ4n) is 3.10. The van der Waals surface area contributed by atoms with Crippen molar-refractivity contribution in [3.63, 3.8) is 0 Å². The standard InChI is InChI=1S/C22H17BrN4O3S/c1-30-20-11-10-15(12-19(20)27(28)29)14-31-22-25-24-21(16-6-5-7-17(23)13-16)26(22)18-8-3-2-4-9-18/h2-13H,14H2,1H3. The highest BCUT2D eigenvalue weighted by Crippen LogP contribution is 2.33. The van der Waals surface area contributed by atoms with Crippen LogP contribution in [0.1, 0.15) is 5.56 Å². The first-order chi connectivity index (χ1) is 15.1. The Morgan fingerprint density at radius 2 is 1.87 bits per heavy atom. The van der Waals surface area contributed by atoms with E-state index in [2.05, 4.69) is 26.1 Å². The highest BCUT2D eigenvalue weighted by molar-refractivity contribution is 9.10. The predicted molar refractivity (Wildman–Crippen MR) is 124 cm³/mol. The largest absolute Gasteiger partial charge is 0.490 e. The molecule has 0 saturated heterocycles. The summed E-state index contributed by atoms with van der Waals surface area (Å²) >= 11 is 4.97. The third-order valence-corrected chi connectivity index (χ3v) is 6.03. The molecule has 1 heterocycles. The van der Waals surface area contributed by atoms with Crippen LogP contribution >= 0.6 is 27.7 Å². The van der Waals surface area contributed by atoms with Crippen LogP contribution in [-0.4, -0.2) is 26.8 Å². The molecule has 0 aliphatic rings. The van der Waals surface area contributed by atoms with Crippen molar-refractivity contribution in [3.8, 4) is 22.8 Å². The average Bonchev–Trinajstić information content (AvgIpc) is 3.22. The molecule has 0 spiro atoms. The van der Waals surface area contributed by atoms with Gasteiger partial charge in [0.1, 0.15) is 0 Å². The number of benzene rings is 3. The molecule has 0 aliphatic carbocycles. The minimum Gasteiger partial charge on any atom is -0.490 e. The summed E-state index contributed by atoms with van der Waals surface area (Å²) in [5.74, 6) is 1.45. The Kier molecular flexibility index (Phi) is 6.34. The first-order valence-corrected chi connectivity index (χ1v) is 11.1. The molecule has 0 fully saturated rings. The molecule has 0 amide bonds. The van der Waals surface area contributed by atoms with E-state index in [0.29, 0.717) is 10.9 Å². The van der Waals surface area contributed by atoms with Gasteiger partial charge in [-0.3, -0.25) is 14.7 Å². The molecule has 0 radical (unpaired) electrons. The molecule has 7 nitrogen and oxygen atoms in total. The van der Waals surface area contributed by atoms with Gasteiger partial charge < -0.3 is 4.74 Å². The molecule has 0 atom stereocenters. The van der Waals surface area contributed by atoms with E-state index in [0.717, 1.165) is 27.1 Å². The van der Waals surface area contributed by atoms with E-state index in [1.165, 1.54) is 24.9 Å². The van der Waals surface area contributed by atoms with Crippen LogP contribution < -0.4 is 4.74 Å². The van der Waals surface area contributed by atoms with E-state index in [1.807, 2.05) is 65.2 Å². The monoisotopic (exact) mass is 496 g/mol. The van der Waals surface area contributed by atoms with Gasteiger partial charge in [0.25, 0.3) is 0 Å². The van der Waals surface area contributed by atoms with Crippen LogP contribution in [-0.2, 0) is 5.75 Å². The van der Waals surface area contributed by atoms with Crippen LogP contribution in [0, 0.1) is 10.1 Å². The second kappa shape index (κ2) is 9.32. The number of hydrogen-bond donors (Lipinski definition) is 0. The van der Waals surface area contributed by atoms with Crippen molar-refractivity contribution >= 4 is 33.4 Å². The number of nitro benzene ring substituents is 1. The van der Waals surface area contributed by atoms with Crippen molar-refractivity contribution in [1.82, 2.24) is 14.8 Å². The number of hydrogen-bond acceptors (Lipinski definition) is 6. The van der Waals surface area contributed by atoms with Gasteiger partial charge in [0.2, 0.25) is 0 Å². The summed E-state index contributed by atoms with van der Waals surface area (Å²) in [7, 11) is 1.42. The number of rotatable bonds is 7. The molecule has 156 valence electrons. The van der Waals surface area contributed by atoms with Gasteiger partial charge in [-0.25, -0.2) is 0 Å². The zero-order chi connectivity index (χ0) is 21.8. The second-order valence-corrected chi connectivity index (χ2v) is 8.40. The molecule has 0 unspecified atom stereocenters. The van der Waals surface area contributed by atoms with Crippen LogP contribution in [0.2, 0.25) is 0 Å². The minimum atomic E-state index is -0.440. The maximum Gasteiger partial charge on any atom is 0.311 e. The van der Waals surface area contributed by atoms with Crippen LogP contribution in [0.3, 0.4) is 0 Å². The lowest BCUT2D eigenvalue weighted by Crippen LogP contribution is -2.00. The number of nitrogens with zero attached hydrogens (tertiary/aromatic N) is 4. The maximum absolute atomic E-state index is 11.3. The van der Waals surface area contributed by atoms with E-state index in [4.69, 9.17) is 4.74 Å². The number of halogens is 1. The van der Waals surface area contributed by atoms with Crippen LogP contribution in [0.25, 0.3) is 17.1 Å². The summed E-state index contributed by atoms with van der Waals surface area (Å²) in [5.41, 5.74) is 2.60. The lowest BCUT2D eigenvalue weighted by Gasteiger charge is -2.11. The first kappa shape index (κ1) is 21.1. The summed E-state index contributed by atoms with van der Waals surface area (Å²) in [6.45, 7) is 0. The van der Waals surface area contributed by atoms with Crippen molar-refractivity contribution in [2.75, 3.05) is 7.11 Å². The van der Waals surface area contributed by atoms with Crippen LogP contribution in [0.5, 0.6) is 5.75 Å². The SMILES string of the molecule is COc1ccc(CSc2nnc(-c3cccc(Br)c3)n2-c2ccccc2)cc1[N+](=O)[O-]. The molecule has 3 aromatic carbocycles. The Hall–Kier alpha value is -3.17. The van der Waals surface area contributed by atoms with Crippen molar-refractivity contribution in [3.05, 3.63) is 92.9 Å². The summed E-state index contributed by atoms with van der Waals surface area (Å²) in [6.07, 6.45) is 0. The molecule has 0 bridgehead atoms. The minimum absolute atomic E-state index is 0.0556. The van der Waals surface area contributed by atoms with E-state index in [1.54, 1.807) is 6.07 Å². The molecule has 0 saturated carbocycles. The van der Waals surface area contributed by atoms with Gasteiger partial charge in [-0.2, -0.15) is 0 Å². The van der Waals surface area contributed by atoms with Crippen LogP contribution in [0.4, 0.5) is 5.69 Å². The summed E-state index contributed by atoms with van der Waals surface area (Å²) in [4.78, 5) is 10.9. The van der Waals surface area contributed by atoms with Gasteiger partial charge in [0, 0.05) is 27.5 Å². The molecule has 9 heteroatoms. The van der Waals surface area contributed by atoms with Crippen LogP contribution in [0.15, 0.2) is 82.4 Å². The third kappa shape index (κ3) is 4.62. The average molecular weight is 497 g/mol. The molecule has 0 N–H and O–H groups in total. The normalized spacial score (nSPS) is 10.8. The Morgan fingerprint density at radius 1 is 1.06 bits per heavy atom. The van der Waals surface area contributed by atoms with Gasteiger partial charge >= 0.3 is 5.69 Å². The molecular formula is C22H17BrN4O3S. The Morgan fingerprint density at radius 3 is 2.58 bits per heavy atom. The molecule has 4 rings (SSSR count). The molecule has 0 aliphatic heterocycles. The van der Waals surface area contributed by atoms with Crippen molar-refractivity contribution in [2.45, 2.75) is 10.9 Å². The zero-order valence-corrected chi connectivity index (χ0v) is 18.8. The van der Waals surface area contributed by atoms with E-state index >= 15 is 0 Å². The van der Waals surface area contributed by atoms with Gasteiger partial charge in [0.15, 0.2) is 16.7 Å². The fourth-order valence-corrected chi connectivity index (χ4v) is 4.40. The lowest BCUT2D eigenvalue weighted by atomic mass is 10.2. The smallest absolute Gasteiger partial charge is 0.311 e. The molecule has 31 heavy (non-hydrogen) atoms. The van der Waals surface area contributed by atoms with Gasteiger partial charge in [-0.15, -0.1) is 10.2 Å². The zero-order valence-electron chi connectivity index (χ0n) is 16.4. The van der Waals surface area contributed by atoms with Crippen molar-refractivity contribution in [1.29, 1.82) is 0 Å². The third-order valence-electron chi connectivity index (χ3n) is 4.54. The molecular weight excluding hydrogens is 480 g/mol. The molecule has 4 aromatic rings. The van der Waals surface area contributed by atoms with Gasteiger partial charge in [-0.1, -0.05) is 64.1 Å². The molecule has 1 aromatic heterocycles. The maximum atomic E-state index is 11.3. The number of aromatic nitrogens is 3. The highest BCUT2D eigenvalue weighted by atomic mass is 79.9. The highest BCUT2D eigenvalue weighted by Gasteiger charge is 2.18. The summed E-state index contributed by atoms with van der Waals surface area (Å²) in [6, 6.07) is 22.7. The Labute approximate surface area is 191 Å². The van der Waals surface area contributed by atoms with Gasteiger partial charge in [-0.05, 0) is 35.9 Å². The van der Waals surface area contributed by atoms with E-state index in [-0.39, 0.29) is 11.4 Å². The quantitative estimate of drug-likeness (QED) is 0.180. The fraction of sp³-hybridized carbons (Fsp3) is 0.0909. The predicted octanol–water partition coefficient (Wildman–Crippen LogP) is 5.91. The summed E-state index contributed by atoms with van der Waals surface area (Å²) < 4.78 is 8.03. The van der Waals surface area contributed by atoms with Crippen molar-refractivity contribution in [2.24, 2.45) is 0 Å². The number of methoxy groups -OCH3 is 1. The second-order valence-electron chi connectivity index (χ2n) is 6.54. The number of para-hydroxylation sites is 1. The lowest BCUT2D eigenvalue weighted by molar-refractivity contribution is -0.385. The van der Waals surface area contributed by atoms with Crippen molar-refractivity contribution < 1.29 is 9.66 Å². The Balaban J connectivity index is 1.69. The Bertz CT molecular complexity index is 1230. The summed E-state index contributed by atoms with van der Waals surface area (Å²) in [5, 5.41) is 20.9. The number of thioether (sulfide) groups is 1. The topological polar surface area (TPSA) is 83.1 Å². The van der Waals surface area contributed by atoms with E-state index < -0.39 is 4.92 Å². The number of nitro groups is 1. The van der Waals surface area contributed by atoms with E-state index in [9.17, 15) is 10.1 Å². The number of ether oxygens (including phenoxy) is 1.